The van der Waals surface area contributed by atoms with Crippen molar-refractivity contribution in [1.29, 1.82) is 0 Å². The van der Waals surface area contributed by atoms with Gasteiger partial charge in [-0.1, -0.05) is 39.7 Å². The van der Waals surface area contributed by atoms with Crippen LogP contribution in [-0.4, -0.2) is 5.91 Å². The van der Waals surface area contributed by atoms with Gasteiger partial charge in [-0.05, 0) is 41.3 Å². The van der Waals surface area contributed by atoms with Gasteiger partial charge in [0.2, 0.25) is 0 Å². The molecule has 1 N–H and O–H groups in total. The molecule has 1 heterocycles. The summed E-state index contributed by atoms with van der Waals surface area (Å²) in [5, 5.41) is 5.52. The van der Waals surface area contributed by atoms with Gasteiger partial charge in [0.05, 0.1) is 5.57 Å². The first-order valence-electron chi connectivity index (χ1n) is 6.31. The van der Waals surface area contributed by atoms with Crippen molar-refractivity contribution >= 4 is 56.5 Å². The maximum Gasteiger partial charge on any atom is 0.256 e. The molecule has 0 spiro atoms. The standard InChI is InChI=1S/C16H11BrClNOS/c17-11-3-6-15-13(7-11)14(16(20)19-15)9-21-8-10-1-4-12(18)5-2-10/h1-7,9H,8H2,(H,19,20). The number of nitrogens with one attached hydrogen (secondary N) is 1. The summed E-state index contributed by atoms with van der Waals surface area (Å²) in [6.45, 7) is 0. The Balaban J connectivity index is 1.76. The summed E-state index contributed by atoms with van der Waals surface area (Å²) in [6, 6.07) is 13.5. The van der Waals surface area contributed by atoms with Crippen LogP contribution in [0.25, 0.3) is 5.57 Å². The van der Waals surface area contributed by atoms with Gasteiger partial charge >= 0.3 is 0 Å². The quantitative estimate of drug-likeness (QED) is 0.729. The SMILES string of the molecule is O=C1Nc2ccc(Br)cc2C1=CSCc1ccc(Cl)cc1. The van der Waals surface area contributed by atoms with Crippen molar-refractivity contribution in [1.82, 2.24) is 0 Å². The highest BCUT2D eigenvalue weighted by atomic mass is 79.9. The number of carbonyl (C=O) groups excluding carboxylic acids is 1. The largest absolute Gasteiger partial charge is 0.321 e. The van der Waals surface area contributed by atoms with Crippen LogP contribution >= 0.6 is 39.3 Å². The molecule has 3 rings (SSSR count). The second-order valence-electron chi connectivity index (χ2n) is 4.61. The van der Waals surface area contributed by atoms with Crippen LogP contribution in [0.2, 0.25) is 5.02 Å². The summed E-state index contributed by atoms with van der Waals surface area (Å²) in [7, 11) is 0. The number of benzene rings is 2. The van der Waals surface area contributed by atoms with Crippen molar-refractivity contribution in [2.24, 2.45) is 0 Å². The molecule has 0 saturated carbocycles. The highest BCUT2D eigenvalue weighted by Gasteiger charge is 2.23. The number of rotatable bonds is 3. The van der Waals surface area contributed by atoms with Crippen LogP contribution in [0, 0.1) is 0 Å². The molecule has 106 valence electrons. The fraction of sp³-hybridized carbons (Fsp3) is 0.0625. The van der Waals surface area contributed by atoms with E-state index in [1.807, 2.05) is 47.9 Å². The second kappa shape index (κ2) is 6.26. The van der Waals surface area contributed by atoms with Gasteiger partial charge in [-0.2, -0.15) is 0 Å². The van der Waals surface area contributed by atoms with Crippen molar-refractivity contribution in [3.8, 4) is 0 Å². The van der Waals surface area contributed by atoms with Gasteiger partial charge in [-0.3, -0.25) is 4.79 Å². The Labute approximate surface area is 140 Å². The van der Waals surface area contributed by atoms with Crippen molar-refractivity contribution in [2.45, 2.75) is 5.75 Å². The lowest BCUT2D eigenvalue weighted by Crippen LogP contribution is -2.03. The van der Waals surface area contributed by atoms with Gasteiger partial charge < -0.3 is 5.32 Å². The van der Waals surface area contributed by atoms with E-state index >= 15 is 0 Å². The minimum Gasteiger partial charge on any atom is -0.321 e. The van der Waals surface area contributed by atoms with Gasteiger partial charge in [0, 0.05) is 26.5 Å². The lowest BCUT2D eigenvalue weighted by Gasteiger charge is -2.01. The molecule has 0 fully saturated rings. The van der Waals surface area contributed by atoms with E-state index in [9.17, 15) is 4.79 Å². The number of carbonyl (C=O) groups is 1. The van der Waals surface area contributed by atoms with Gasteiger partial charge in [0.15, 0.2) is 0 Å². The number of halogens is 2. The van der Waals surface area contributed by atoms with Gasteiger partial charge in [0.1, 0.15) is 0 Å². The predicted octanol–water partition coefficient (Wildman–Crippen LogP) is 5.33. The first-order chi connectivity index (χ1) is 10.1. The molecular weight excluding hydrogens is 370 g/mol. The maximum absolute atomic E-state index is 12.0. The fourth-order valence-corrected chi connectivity index (χ4v) is 3.44. The second-order valence-corrected chi connectivity index (χ2v) is 6.82. The highest BCUT2D eigenvalue weighted by molar-refractivity contribution is 9.10. The zero-order valence-electron chi connectivity index (χ0n) is 10.9. The van der Waals surface area contributed by atoms with Crippen molar-refractivity contribution in [3.63, 3.8) is 0 Å². The molecule has 0 saturated heterocycles. The zero-order valence-corrected chi connectivity index (χ0v) is 14.1. The molecular formula is C16H11BrClNOS. The molecule has 5 heteroatoms. The molecule has 2 aromatic carbocycles. The third-order valence-corrected chi connectivity index (χ3v) is 4.78. The molecule has 0 radical (unpaired) electrons. The first-order valence-corrected chi connectivity index (χ1v) is 8.53. The highest BCUT2D eigenvalue weighted by Crippen LogP contribution is 2.35. The van der Waals surface area contributed by atoms with Crippen LogP contribution in [0.4, 0.5) is 5.69 Å². The molecule has 1 amide bonds. The molecule has 2 nitrogen and oxygen atoms in total. The van der Waals surface area contributed by atoms with Gasteiger partial charge in [0.25, 0.3) is 5.91 Å². The summed E-state index contributed by atoms with van der Waals surface area (Å²) >= 11 is 10.9. The first kappa shape index (κ1) is 14.7. The Morgan fingerprint density at radius 2 is 1.95 bits per heavy atom. The summed E-state index contributed by atoms with van der Waals surface area (Å²) in [6.07, 6.45) is 0. The van der Waals surface area contributed by atoms with Crippen LogP contribution in [0.1, 0.15) is 11.1 Å². The Morgan fingerprint density at radius 1 is 1.19 bits per heavy atom. The topological polar surface area (TPSA) is 29.1 Å². The van der Waals surface area contributed by atoms with Crippen molar-refractivity contribution in [3.05, 3.63) is 68.5 Å². The van der Waals surface area contributed by atoms with E-state index in [0.29, 0.717) is 5.57 Å². The maximum atomic E-state index is 12.0. The van der Waals surface area contributed by atoms with E-state index in [4.69, 9.17) is 11.6 Å². The number of fused-ring (bicyclic) bond motifs is 1. The van der Waals surface area contributed by atoms with E-state index in [2.05, 4.69) is 21.2 Å². The fourth-order valence-electron chi connectivity index (χ4n) is 2.08. The lowest BCUT2D eigenvalue weighted by atomic mass is 10.1. The number of amides is 1. The van der Waals surface area contributed by atoms with Crippen molar-refractivity contribution < 1.29 is 4.79 Å². The molecule has 21 heavy (non-hydrogen) atoms. The Morgan fingerprint density at radius 3 is 2.71 bits per heavy atom. The smallest absolute Gasteiger partial charge is 0.256 e. The van der Waals surface area contributed by atoms with E-state index in [1.165, 1.54) is 5.56 Å². The van der Waals surface area contributed by atoms with E-state index in [1.54, 1.807) is 11.8 Å². The predicted molar refractivity (Wildman–Crippen MR) is 93.5 cm³/mol. The monoisotopic (exact) mass is 379 g/mol. The minimum absolute atomic E-state index is 0.0493. The average molecular weight is 381 g/mol. The Kier molecular flexibility index (Phi) is 4.38. The number of anilines is 1. The van der Waals surface area contributed by atoms with E-state index in [-0.39, 0.29) is 5.91 Å². The van der Waals surface area contributed by atoms with Crippen LogP contribution in [0.15, 0.2) is 52.3 Å². The summed E-state index contributed by atoms with van der Waals surface area (Å²) in [5.74, 6) is 0.754. The molecule has 1 aliphatic heterocycles. The van der Waals surface area contributed by atoms with Crippen LogP contribution < -0.4 is 5.32 Å². The molecule has 0 aliphatic carbocycles. The lowest BCUT2D eigenvalue weighted by molar-refractivity contribution is -0.110. The summed E-state index contributed by atoms with van der Waals surface area (Å²) in [5.41, 5.74) is 3.69. The van der Waals surface area contributed by atoms with Gasteiger partial charge in [-0.25, -0.2) is 0 Å². The summed E-state index contributed by atoms with van der Waals surface area (Å²) in [4.78, 5) is 12.0. The zero-order chi connectivity index (χ0) is 14.8. The molecule has 0 atom stereocenters. The third-order valence-electron chi connectivity index (χ3n) is 3.13. The normalized spacial score (nSPS) is 15.1. The Bertz CT molecular complexity index is 728. The molecule has 0 aromatic heterocycles. The number of hydrogen-bond acceptors (Lipinski definition) is 2. The number of thioether (sulfide) groups is 1. The summed E-state index contributed by atoms with van der Waals surface area (Å²) < 4.78 is 0.964. The van der Waals surface area contributed by atoms with E-state index in [0.717, 1.165) is 26.5 Å². The third kappa shape index (κ3) is 3.34. The molecule has 1 aliphatic rings. The van der Waals surface area contributed by atoms with Crippen molar-refractivity contribution in [2.75, 3.05) is 5.32 Å². The molecule has 0 bridgehead atoms. The molecule has 2 aromatic rings. The minimum atomic E-state index is -0.0493. The molecule has 0 unspecified atom stereocenters. The van der Waals surface area contributed by atoms with Crippen LogP contribution in [-0.2, 0) is 10.5 Å². The van der Waals surface area contributed by atoms with Crippen LogP contribution in [0.5, 0.6) is 0 Å². The Hall–Kier alpha value is -1.23. The average Bonchev–Trinajstić information content (AvgIpc) is 2.77. The van der Waals surface area contributed by atoms with Crippen LogP contribution in [0.3, 0.4) is 0 Å². The number of hydrogen-bond donors (Lipinski definition) is 1. The van der Waals surface area contributed by atoms with Gasteiger partial charge in [-0.15, -0.1) is 11.8 Å². The van der Waals surface area contributed by atoms with E-state index < -0.39 is 0 Å².